The van der Waals surface area contributed by atoms with Crippen LogP contribution in [0.25, 0.3) is 0 Å². The monoisotopic (exact) mass is 321 g/mol. The highest BCUT2D eigenvalue weighted by Crippen LogP contribution is 2.16. The van der Waals surface area contributed by atoms with Crippen molar-refractivity contribution in [3.8, 4) is 0 Å². The van der Waals surface area contributed by atoms with Gasteiger partial charge in [-0.25, -0.2) is 21.6 Å². The van der Waals surface area contributed by atoms with Gasteiger partial charge in [-0.15, -0.1) is 0 Å². The molecule has 1 aromatic rings. The fourth-order valence-electron chi connectivity index (χ4n) is 1.38. The van der Waals surface area contributed by atoms with Crippen molar-refractivity contribution in [2.75, 3.05) is 25.6 Å². The SMILES string of the molecule is CN(CCS(C)(=O)=O)S(=O)(=O)c1cccc(C(=O)O)c1. The minimum Gasteiger partial charge on any atom is -0.478 e. The fraction of sp³-hybridized carbons (Fsp3) is 0.364. The van der Waals surface area contributed by atoms with Crippen LogP contribution in [0.15, 0.2) is 29.2 Å². The molecule has 0 bridgehead atoms. The molecule has 1 aromatic carbocycles. The third kappa shape index (κ3) is 4.29. The lowest BCUT2D eigenvalue weighted by Gasteiger charge is -2.16. The zero-order valence-corrected chi connectivity index (χ0v) is 12.6. The summed E-state index contributed by atoms with van der Waals surface area (Å²) in [6.45, 7) is -0.196. The van der Waals surface area contributed by atoms with E-state index in [1.807, 2.05) is 0 Å². The molecule has 1 N–H and O–H groups in total. The number of sulfonamides is 1. The average molecular weight is 321 g/mol. The summed E-state index contributed by atoms with van der Waals surface area (Å²) in [5.41, 5.74) is -0.150. The van der Waals surface area contributed by atoms with Gasteiger partial charge in [0.25, 0.3) is 0 Å². The third-order valence-electron chi connectivity index (χ3n) is 2.57. The van der Waals surface area contributed by atoms with Crippen molar-refractivity contribution in [1.29, 1.82) is 0 Å². The Balaban J connectivity index is 3.04. The Morgan fingerprint density at radius 3 is 2.35 bits per heavy atom. The highest BCUT2D eigenvalue weighted by molar-refractivity contribution is 7.91. The topological polar surface area (TPSA) is 109 Å². The van der Waals surface area contributed by atoms with Crippen LogP contribution in [0.1, 0.15) is 10.4 Å². The van der Waals surface area contributed by atoms with Crippen molar-refractivity contribution in [1.82, 2.24) is 4.31 Å². The molecule has 0 atom stereocenters. The number of carboxylic acids is 1. The van der Waals surface area contributed by atoms with E-state index in [0.29, 0.717) is 0 Å². The van der Waals surface area contributed by atoms with Crippen molar-refractivity contribution in [3.05, 3.63) is 29.8 Å². The van der Waals surface area contributed by atoms with Crippen molar-refractivity contribution in [2.45, 2.75) is 4.90 Å². The first-order valence-electron chi connectivity index (χ1n) is 5.51. The maximum atomic E-state index is 12.2. The lowest BCUT2D eigenvalue weighted by atomic mass is 10.2. The second kappa shape index (κ2) is 5.90. The standard InChI is InChI=1S/C11H15NO6S2/c1-12(6-7-19(2,15)16)20(17,18)10-5-3-4-9(8-10)11(13)14/h3-5,8H,6-7H2,1-2H3,(H,13,14). The maximum absolute atomic E-state index is 12.2. The Morgan fingerprint density at radius 1 is 1.25 bits per heavy atom. The smallest absolute Gasteiger partial charge is 0.335 e. The largest absolute Gasteiger partial charge is 0.478 e. The molecule has 112 valence electrons. The number of aromatic carboxylic acids is 1. The van der Waals surface area contributed by atoms with Crippen LogP contribution in [0, 0.1) is 0 Å². The first-order valence-corrected chi connectivity index (χ1v) is 9.01. The molecule has 0 saturated heterocycles. The number of benzene rings is 1. The third-order valence-corrected chi connectivity index (χ3v) is 5.34. The molecule has 20 heavy (non-hydrogen) atoms. The first-order chi connectivity index (χ1) is 9.04. The molecule has 0 aliphatic rings. The van der Waals surface area contributed by atoms with E-state index in [1.54, 1.807) is 0 Å². The van der Waals surface area contributed by atoms with E-state index in [2.05, 4.69) is 0 Å². The van der Waals surface area contributed by atoms with E-state index < -0.39 is 25.8 Å². The van der Waals surface area contributed by atoms with Crippen LogP contribution >= 0.6 is 0 Å². The van der Waals surface area contributed by atoms with Crippen molar-refractivity contribution < 1.29 is 26.7 Å². The number of hydrogen-bond acceptors (Lipinski definition) is 5. The molecule has 0 aliphatic heterocycles. The Bertz CT molecular complexity index is 708. The normalized spacial score (nSPS) is 12.6. The molecular weight excluding hydrogens is 306 g/mol. The van der Waals surface area contributed by atoms with E-state index in [9.17, 15) is 21.6 Å². The van der Waals surface area contributed by atoms with Gasteiger partial charge in [0.1, 0.15) is 9.84 Å². The van der Waals surface area contributed by atoms with Crippen molar-refractivity contribution in [3.63, 3.8) is 0 Å². The summed E-state index contributed by atoms with van der Waals surface area (Å²) >= 11 is 0. The van der Waals surface area contributed by atoms with Gasteiger partial charge < -0.3 is 5.11 Å². The summed E-state index contributed by atoms with van der Waals surface area (Å²) in [5, 5.41) is 8.84. The van der Waals surface area contributed by atoms with Crippen LogP contribution in [0.4, 0.5) is 0 Å². The van der Waals surface area contributed by atoms with Crippen LogP contribution in [0.3, 0.4) is 0 Å². The fourth-order valence-corrected chi connectivity index (χ4v) is 3.32. The van der Waals surface area contributed by atoms with Crippen LogP contribution in [-0.4, -0.2) is 57.8 Å². The molecule has 0 fully saturated rings. The van der Waals surface area contributed by atoms with E-state index in [-0.39, 0.29) is 22.8 Å². The second-order valence-corrected chi connectivity index (χ2v) is 8.59. The minimum atomic E-state index is -3.91. The number of carbonyl (C=O) groups is 1. The summed E-state index contributed by atoms with van der Waals surface area (Å²) in [5.74, 6) is -1.54. The van der Waals surface area contributed by atoms with Gasteiger partial charge in [0, 0.05) is 19.8 Å². The van der Waals surface area contributed by atoms with Gasteiger partial charge in [-0.1, -0.05) is 6.07 Å². The highest BCUT2D eigenvalue weighted by atomic mass is 32.2. The molecular formula is C11H15NO6S2. The number of carboxylic acid groups (broad SMARTS) is 1. The van der Waals surface area contributed by atoms with E-state index >= 15 is 0 Å². The lowest BCUT2D eigenvalue weighted by molar-refractivity contribution is 0.0696. The zero-order chi connectivity index (χ0) is 15.6. The van der Waals surface area contributed by atoms with Gasteiger partial charge in [0.2, 0.25) is 10.0 Å². The van der Waals surface area contributed by atoms with Gasteiger partial charge in [-0.3, -0.25) is 0 Å². The molecule has 0 unspecified atom stereocenters. The summed E-state index contributed by atoms with van der Waals surface area (Å²) in [6.07, 6.45) is 1.01. The summed E-state index contributed by atoms with van der Waals surface area (Å²) in [6, 6.07) is 4.89. The molecule has 0 amide bonds. The van der Waals surface area contributed by atoms with Crippen LogP contribution in [0.2, 0.25) is 0 Å². The Kier molecular flexibility index (Phi) is 4.90. The molecule has 0 aromatic heterocycles. The quantitative estimate of drug-likeness (QED) is 0.793. The van der Waals surface area contributed by atoms with Crippen LogP contribution in [-0.2, 0) is 19.9 Å². The average Bonchev–Trinajstić information content (AvgIpc) is 2.35. The molecule has 0 spiro atoms. The summed E-state index contributed by atoms with van der Waals surface area (Å²) < 4.78 is 47.3. The zero-order valence-electron chi connectivity index (χ0n) is 11.0. The Labute approximate surface area is 117 Å². The van der Waals surface area contributed by atoms with Crippen molar-refractivity contribution >= 4 is 25.8 Å². The van der Waals surface area contributed by atoms with Crippen LogP contribution in [0.5, 0.6) is 0 Å². The summed E-state index contributed by atoms with van der Waals surface area (Å²) in [4.78, 5) is 10.6. The van der Waals surface area contributed by atoms with E-state index in [0.717, 1.165) is 16.6 Å². The molecule has 7 nitrogen and oxygen atoms in total. The van der Waals surface area contributed by atoms with Crippen LogP contribution < -0.4 is 0 Å². The Hall–Kier alpha value is -1.45. The first kappa shape index (κ1) is 16.6. The number of hydrogen-bond donors (Lipinski definition) is 1. The molecule has 0 heterocycles. The highest BCUT2D eigenvalue weighted by Gasteiger charge is 2.22. The van der Waals surface area contributed by atoms with Gasteiger partial charge >= 0.3 is 5.97 Å². The van der Waals surface area contributed by atoms with E-state index in [4.69, 9.17) is 5.11 Å². The minimum absolute atomic E-state index is 0.150. The molecule has 0 aliphatic carbocycles. The predicted molar refractivity (Wildman–Crippen MR) is 72.9 cm³/mol. The number of sulfone groups is 1. The van der Waals surface area contributed by atoms with Crippen molar-refractivity contribution in [2.24, 2.45) is 0 Å². The summed E-state index contributed by atoms with van der Waals surface area (Å²) in [7, 11) is -5.95. The van der Waals surface area contributed by atoms with E-state index in [1.165, 1.54) is 25.2 Å². The second-order valence-electron chi connectivity index (χ2n) is 4.29. The molecule has 0 saturated carbocycles. The molecule has 1 rings (SSSR count). The van der Waals surface area contributed by atoms with Gasteiger partial charge in [-0.2, -0.15) is 4.31 Å². The Morgan fingerprint density at radius 2 is 1.85 bits per heavy atom. The maximum Gasteiger partial charge on any atom is 0.335 e. The molecule has 0 radical (unpaired) electrons. The van der Waals surface area contributed by atoms with Gasteiger partial charge in [0.05, 0.1) is 16.2 Å². The predicted octanol–water partition coefficient (Wildman–Crippen LogP) is 0.0499. The lowest BCUT2D eigenvalue weighted by Crippen LogP contribution is -2.31. The number of nitrogens with zero attached hydrogens (tertiary/aromatic N) is 1. The van der Waals surface area contributed by atoms with Gasteiger partial charge in [-0.05, 0) is 18.2 Å². The van der Waals surface area contributed by atoms with Gasteiger partial charge in [0.15, 0.2) is 0 Å². The number of rotatable bonds is 6. The molecule has 9 heteroatoms.